The van der Waals surface area contributed by atoms with Gasteiger partial charge in [0.2, 0.25) is 5.91 Å². The number of likely N-dealkylation sites (N-methyl/N-ethyl adjacent to an activating group) is 1. The molecule has 0 saturated heterocycles. The number of phosphoric ester groups is 1. The molecule has 1 amide bonds. The molecule has 3 N–H and O–H groups in total. The second-order valence-corrected chi connectivity index (χ2v) is 17.5. The van der Waals surface area contributed by atoms with Gasteiger partial charge in [-0.05, 0) is 12.8 Å². The zero-order chi connectivity index (χ0) is 37.2. The number of hydrogen-bond donors (Lipinski definition) is 3. The Balaban J connectivity index is 3.97. The van der Waals surface area contributed by atoms with E-state index in [1.807, 2.05) is 21.1 Å². The Bertz CT molecular complexity index is 794. The van der Waals surface area contributed by atoms with Gasteiger partial charge in [0.1, 0.15) is 13.2 Å². The monoisotopic (exact) mass is 734 g/mol. The summed E-state index contributed by atoms with van der Waals surface area (Å²) in [5.41, 5.74) is 0. The average molecular weight is 734 g/mol. The summed E-state index contributed by atoms with van der Waals surface area (Å²) < 4.78 is 23.4. The quantitative estimate of drug-likeness (QED) is 0.0330. The minimum absolute atomic E-state index is 0.0772. The van der Waals surface area contributed by atoms with Gasteiger partial charge in [-0.3, -0.25) is 13.8 Å². The SMILES string of the molecule is CCCCCCCCCCCCCCCCCCCCCCCCCC(=O)NC(COP(=O)(O)OCC[N+](C)(C)C)C(O)CCCCCCC. The van der Waals surface area contributed by atoms with Gasteiger partial charge < -0.3 is 19.8 Å². The highest BCUT2D eigenvalue weighted by atomic mass is 31.2. The van der Waals surface area contributed by atoms with Crippen molar-refractivity contribution in [1.29, 1.82) is 0 Å². The number of rotatable bonds is 39. The molecule has 0 aliphatic heterocycles. The van der Waals surface area contributed by atoms with Gasteiger partial charge in [0.05, 0.1) is 39.9 Å². The Morgan fingerprint density at radius 1 is 0.600 bits per heavy atom. The van der Waals surface area contributed by atoms with Crippen molar-refractivity contribution in [2.24, 2.45) is 0 Å². The molecule has 9 heteroatoms. The van der Waals surface area contributed by atoms with Gasteiger partial charge in [0, 0.05) is 6.42 Å². The van der Waals surface area contributed by atoms with Gasteiger partial charge in [0.15, 0.2) is 0 Å². The molecule has 0 radical (unpaired) electrons. The van der Waals surface area contributed by atoms with E-state index in [1.54, 1.807) is 0 Å². The van der Waals surface area contributed by atoms with E-state index in [0.29, 0.717) is 23.9 Å². The Kier molecular flexibility index (Phi) is 33.9. The second kappa shape index (κ2) is 34.3. The van der Waals surface area contributed by atoms with Crippen LogP contribution in [0.25, 0.3) is 0 Å². The number of unbranched alkanes of at least 4 members (excludes halogenated alkanes) is 26. The van der Waals surface area contributed by atoms with Crippen molar-refractivity contribution < 1.29 is 32.9 Å². The van der Waals surface area contributed by atoms with Crippen LogP contribution in [-0.2, 0) is 18.4 Å². The molecule has 50 heavy (non-hydrogen) atoms. The fourth-order valence-corrected chi connectivity index (χ4v) is 7.13. The lowest BCUT2D eigenvalue weighted by Gasteiger charge is -2.26. The van der Waals surface area contributed by atoms with Crippen LogP contribution in [0.1, 0.15) is 206 Å². The fourth-order valence-electron chi connectivity index (χ4n) is 6.40. The lowest BCUT2D eigenvalue weighted by Crippen LogP contribution is -2.46. The van der Waals surface area contributed by atoms with Gasteiger partial charge in [-0.2, -0.15) is 0 Å². The number of carbonyl (C=O) groups excluding carboxylic acids is 1. The van der Waals surface area contributed by atoms with Crippen molar-refractivity contribution in [3.63, 3.8) is 0 Å². The van der Waals surface area contributed by atoms with Crippen molar-refractivity contribution in [3.8, 4) is 0 Å². The predicted octanol–water partition coefficient (Wildman–Crippen LogP) is 11.4. The van der Waals surface area contributed by atoms with E-state index in [4.69, 9.17) is 9.05 Å². The largest absolute Gasteiger partial charge is 0.472 e. The molecule has 0 aliphatic carbocycles. The number of nitrogens with one attached hydrogen (secondary N) is 1. The molecule has 0 heterocycles. The molecule has 0 rings (SSSR count). The fraction of sp³-hybridized carbons (Fsp3) is 0.976. The molecule has 3 unspecified atom stereocenters. The summed E-state index contributed by atoms with van der Waals surface area (Å²) in [6.07, 6.45) is 36.1. The number of amides is 1. The first kappa shape index (κ1) is 49.5. The van der Waals surface area contributed by atoms with Gasteiger partial charge in [-0.15, -0.1) is 0 Å². The molecule has 0 saturated carbocycles. The molecule has 3 atom stereocenters. The van der Waals surface area contributed by atoms with E-state index in [2.05, 4.69) is 19.2 Å². The molecule has 0 fully saturated rings. The number of hydrogen-bond acceptors (Lipinski definition) is 5. The van der Waals surface area contributed by atoms with E-state index >= 15 is 0 Å². The number of aliphatic hydroxyl groups excluding tert-OH is 1. The van der Waals surface area contributed by atoms with Crippen molar-refractivity contribution in [1.82, 2.24) is 5.32 Å². The first-order valence-electron chi connectivity index (χ1n) is 21.4. The van der Waals surface area contributed by atoms with Crippen LogP contribution in [0, 0.1) is 0 Å². The number of aliphatic hydroxyl groups is 1. The lowest BCUT2D eigenvalue weighted by molar-refractivity contribution is -0.870. The summed E-state index contributed by atoms with van der Waals surface area (Å²) in [4.78, 5) is 22.9. The summed E-state index contributed by atoms with van der Waals surface area (Å²) in [5, 5.41) is 13.7. The van der Waals surface area contributed by atoms with Crippen molar-refractivity contribution >= 4 is 13.7 Å². The lowest BCUT2D eigenvalue weighted by atomic mass is 10.0. The average Bonchev–Trinajstić information content (AvgIpc) is 3.06. The van der Waals surface area contributed by atoms with Crippen molar-refractivity contribution in [3.05, 3.63) is 0 Å². The van der Waals surface area contributed by atoms with Gasteiger partial charge in [-0.25, -0.2) is 4.57 Å². The predicted molar refractivity (Wildman–Crippen MR) is 212 cm³/mol. The summed E-state index contributed by atoms with van der Waals surface area (Å²) in [6.45, 7) is 4.81. The Hall–Kier alpha value is -0.500. The Labute approximate surface area is 310 Å². The van der Waals surface area contributed by atoms with Crippen LogP contribution < -0.4 is 5.32 Å². The number of phosphoric acid groups is 1. The highest BCUT2D eigenvalue weighted by molar-refractivity contribution is 7.47. The van der Waals surface area contributed by atoms with Crippen LogP contribution in [-0.4, -0.2) is 73.4 Å². The summed E-state index contributed by atoms with van der Waals surface area (Å²) in [6, 6.07) is -0.749. The summed E-state index contributed by atoms with van der Waals surface area (Å²) >= 11 is 0. The van der Waals surface area contributed by atoms with Gasteiger partial charge in [-0.1, -0.05) is 187 Å². The third-order valence-electron chi connectivity index (χ3n) is 9.86. The van der Waals surface area contributed by atoms with E-state index in [9.17, 15) is 19.4 Å². The molecular weight excluding hydrogens is 647 g/mol. The van der Waals surface area contributed by atoms with Crippen LogP contribution in [0.3, 0.4) is 0 Å². The molecule has 0 spiro atoms. The third kappa shape index (κ3) is 35.9. The second-order valence-electron chi connectivity index (χ2n) is 16.1. The number of carbonyl (C=O) groups is 1. The Morgan fingerprint density at radius 3 is 1.34 bits per heavy atom. The first-order chi connectivity index (χ1) is 24.0. The van der Waals surface area contributed by atoms with E-state index in [-0.39, 0.29) is 19.1 Å². The summed E-state index contributed by atoms with van der Waals surface area (Å²) in [7, 11) is 1.62. The molecule has 0 aromatic heterocycles. The van der Waals surface area contributed by atoms with Gasteiger partial charge >= 0.3 is 7.82 Å². The normalized spacial score (nSPS) is 14.5. The first-order valence-corrected chi connectivity index (χ1v) is 22.9. The highest BCUT2D eigenvalue weighted by Gasteiger charge is 2.28. The molecule has 300 valence electrons. The molecule has 0 aliphatic rings. The smallest absolute Gasteiger partial charge is 0.391 e. The van der Waals surface area contributed by atoms with E-state index < -0.39 is 20.0 Å². The van der Waals surface area contributed by atoms with E-state index in [0.717, 1.165) is 51.4 Å². The maximum absolute atomic E-state index is 12.8. The minimum Gasteiger partial charge on any atom is -0.391 e. The minimum atomic E-state index is -4.29. The molecule has 8 nitrogen and oxygen atoms in total. The maximum atomic E-state index is 12.8. The topological polar surface area (TPSA) is 105 Å². The summed E-state index contributed by atoms with van der Waals surface area (Å²) in [5.74, 6) is -0.147. The Morgan fingerprint density at radius 2 is 0.960 bits per heavy atom. The molecular formula is C41H86N2O6P+. The standard InChI is InChI=1S/C41H85N2O6P/c1-6-8-10-12-13-14-15-16-17-18-19-20-21-22-23-24-25-26-27-28-29-31-33-35-41(45)42-39(40(44)34-32-30-11-9-7-2)38-49-50(46,47)48-37-36-43(3,4)5/h39-40,44H,6-38H2,1-5H3,(H-,42,45,46,47)/p+1. The van der Waals surface area contributed by atoms with Gasteiger partial charge in [0.25, 0.3) is 0 Å². The van der Waals surface area contributed by atoms with Crippen LogP contribution >= 0.6 is 7.82 Å². The molecule has 0 aromatic carbocycles. The van der Waals surface area contributed by atoms with Crippen LogP contribution in [0.5, 0.6) is 0 Å². The van der Waals surface area contributed by atoms with Crippen molar-refractivity contribution in [2.75, 3.05) is 40.9 Å². The van der Waals surface area contributed by atoms with Crippen LogP contribution in [0.15, 0.2) is 0 Å². The third-order valence-corrected chi connectivity index (χ3v) is 10.8. The zero-order valence-electron chi connectivity index (χ0n) is 33.9. The zero-order valence-corrected chi connectivity index (χ0v) is 34.8. The number of nitrogens with zero attached hydrogens (tertiary/aromatic N) is 1. The molecule has 0 aromatic rings. The van der Waals surface area contributed by atoms with Crippen LogP contribution in [0.2, 0.25) is 0 Å². The van der Waals surface area contributed by atoms with E-state index in [1.165, 1.54) is 128 Å². The van der Waals surface area contributed by atoms with Crippen LogP contribution in [0.4, 0.5) is 0 Å². The molecule has 0 bridgehead atoms. The highest BCUT2D eigenvalue weighted by Crippen LogP contribution is 2.43. The maximum Gasteiger partial charge on any atom is 0.472 e. The van der Waals surface area contributed by atoms with Crippen molar-refractivity contribution in [2.45, 2.75) is 219 Å². The number of quaternary nitrogens is 1.